The minimum absolute atomic E-state index is 0.214. The van der Waals surface area contributed by atoms with E-state index < -0.39 is 5.91 Å². The van der Waals surface area contributed by atoms with E-state index in [4.69, 9.17) is 27.9 Å². The minimum atomic E-state index is -0.538. The maximum atomic E-state index is 12.5. The van der Waals surface area contributed by atoms with Crippen LogP contribution < -0.4 is 15.7 Å². The van der Waals surface area contributed by atoms with Gasteiger partial charge >= 0.3 is 0 Å². The predicted molar refractivity (Wildman–Crippen MR) is 99.7 cm³/mol. The summed E-state index contributed by atoms with van der Waals surface area (Å²) in [4.78, 5) is 30.5. The van der Waals surface area contributed by atoms with Crippen LogP contribution in [0.2, 0.25) is 10.0 Å². The smallest absolute Gasteiger partial charge is 0.281 e. The Morgan fingerprint density at radius 3 is 2.68 bits per heavy atom. The molecule has 3 rings (SSSR count). The molecule has 0 fully saturated rings. The lowest BCUT2D eigenvalue weighted by Crippen LogP contribution is -2.35. The van der Waals surface area contributed by atoms with Gasteiger partial charge in [0.25, 0.3) is 11.5 Å². The zero-order valence-electron chi connectivity index (χ0n) is 13.3. The number of hydrogen-bond acceptors (Lipinski definition) is 5. The molecule has 0 aliphatic heterocycles. The summed E-state index contributed by atoms with van der Waals surface area (Å²) in [5.74, 6) is -0.324. The number of rotatable bonds is 4. The van der Waals surface area contributed by atoms with Crippen LogP contribution in [-0.4, -0.2) is 22.2 Å². The number of amides is 1. The van der Waals surface area contributed by atoms with Gasteiger partial charge in [0.2, 0.25) is 0 Å². The van der Waals surface area contributed by atoms with Crippen LogP contribution in [0.1, 0.15) is 10.4 Å². The van der Waals surface area contributed by atoms with Crippen LogP contribution in [-0.2, 0) is 4.79 Å². The lowest BCUT2D eigenvalue weighted by molar-refractivity contribution is -0.119. The molecular formula is C16H13Cl2N3O3S. The van der Waals surface area contributed by atoms with Crippen molar-refractivity contribution >= 4 is 50.7 Å². The summed E-state index contributed by atoms with van der Waals surface area (Å²) in [5, 5.41) is 1.09. The Labute approximate surface area is 156 Å². The number of carbonyl (C=O) groups excluding carboxylic acids is 1. The number of fused-ring (bicyclic) bond motifs is 1. The van der Waals surface area contributed by atoms with E-state index in [2.05, 4.69) is 10.4 Å². The van der Waals surface area contributed by atoms with Crippen molar-refractivity contribution in [3.8, 4) is 5.75 Å². The first-order valence-electron chi connectivity index (χ1n) is 7.22. The Morgan fingerprint density at radius 2 is 2.00 bits per heavy atom. The number of benzene rings is 1. The minimum Gasteiger partial charge on any atom is -0.481 e. The van der Waals surface area contributed by atoms with Gasteiger partial charge in [-0.25, -0.2) is 9.66 Å². The van der Waals surface area contributed by atoms with Gasteiger partial charge in [-0.1, -0.05) is 29.3 Å². The molecular weight excluding hydrogens is 385 g/mol. The van der Waals surface area contributed by atoms with Crippen molar-refractivity contribution in [3.63, 3.8) is 0 Å². The van der Waals surface area contributed by atoms with Gasteiger partial charge in [-0.3, -0.25) is 15.0 Å². The molecule has 0 bridgehead atoms. The van der Waals surface area contributed by atoms with Crippen molar-refractivity contribution in [1.82, 2.24) is 9.66 Å². The van der Waals surface area contributed by atoms with E-state index in [-0.39, 0.29) is 17.9 Å². The second-order valence-corrected chi connectivity index (χ2v) is 7.28. The maximum Gasteiger partial charge on any atom is 0.281 e. The summed E-state index contributed by atoms with van der Waals surface area (Å²) >= 11 is 13.4. The summed E-state index contributed by atoms with van der Waals surface area (Å²) in [5.41, 5.74) is 2.97. The lowest BCUT2D eigenvalue weighted by Gasteiger charge is -2.11. The molecule has 6 nitrogen and oxygen atoms in total. The Bertz CT molecular complexity index is 1010. The monoisotopic (exact) mass is 397 g/mol. The van der Waals surface area contributed by atoms with Gasteiger partial charge < -0.3 is 4.74 Å². The van der Waals surface area contributed by atoms with Gasteiger partial charge in [-0.15, -0.1) is 11.3 Å². The van der Waals surface area contributed by atoms with Crippen LogP contribution in [0.15, 0.2) is 29.3 Å². The van der Waals surface area contributed by atoms with Crippen molar-refractivity contribution in [1.29, 1.82) is 0 Å². The third-order valence-electron chi connectivity index (χ3n) is 3.60. The van der Waals surface area contributed by atoms with Crippen LogP contribution >= 0.6 is 34.5 Å². The number of hydrogen-bond donors (Lipinski definition) is 1. The van der Waals surface area contributed by atoms with Gasteiger partial charge in [0.1, 0.15) is 11.2 Å². The van der Waals surface area contributed by atoms with E-state index in [1.165, 1.54) is 17.7 Å². The van der Waals surface area contributed by atoms with Crippen LogP contribution in [0.4, 0.5) is 0 Å². The second kappa shape index (κ2) is 7.03. The SMILES string of the molecule is Cc1sc2ncn(NC(=O)COc3c(Cl)cccc3Cl)c(=O)c2c1C. The first-order valence-corrected chi connectivity index (χ1v) is 8.79. The van der Waals surface area contributed by atoms with E-state index in [1.807, 2.05) is 13.8 Å². The molecule has 1 amide bonds. The van der Waals surface area contributed by atoms with E-state index >= 15 is 0 Å². The highest BCUT2D eigenvalue weighted by Gasteiger charge is 2.14. The molecule has 1 N–H and O–H groups in total. The summed E-state index contributed by atoms with van der Waals surface area (Å²) in [6.07, 6.45) is 1.28. The van der Waals surface area contributed by atoms with E-state index in [0.29, 0.717) is 20.3 Å². The number of halogens is 2. The molecule has 25 heavy (non-hydrogen) atoms. The van der Waals surface area contributed by atoms with Crippen LogP contribution in [0.25, 0.3) is 10.2 Å². The molecule has 0 spiro atoms. The molecule has 0 saturated heterocycles. The highest BCUT2D eigenvalue weighted by Crippen LogP contribution is 2.32. The Kier molecular flexibility index (Phi) is 4.99. The van der Waals surface area contributed by atoms with Gasteiger partial charge in [-0.2, -0.15) is 0 Å². The third-order valence-corrected chi connectivity index (χ3v) is 5.31. The van der Waals surface area contributed by atoms with Gasteiger partial charge in [-0.05, 0) is 31.5 Å². The molecule has 0 saturated carbocycles. The topological polar surface area (TPSA) is 73.2 Å². The normalized spacial score (nSPS) is 10.9. The largest absolute Gasteiger partial charge is 0.481 e. The molecule has 0 aliphatic rings. The highest BCUT2D eigenvalue weighted by molar-refractivity contribution is 7.18. The number of nitrogens with zero attached hydrogens (tertiary/aromatic N) is 2. The number of carbonyl (C=O) groups is 1. The van der Waals surface area contributed by atoms with Crippen molar-refractivity contribution in [3.05, 3.63) is 55.4 Å². The van der Waals surface area contributed by atoms with Crippen molar-refractivity contribution in [2.45, 2.75) is 13.8 Å². The Morgan fingerprint density at radius 1 is 1.32 bits per heavy atom. The van der Waals surface area contributed by atoms with Crippen molar-refractivity contribution in [2.75, 3.05) is 12.0 Å². The molecule has 2 heterocycles. The number of aryl methyl sites for hydroxylation is 2. The van der Waals surface area contributed by atoms with Crippen LogP contribution in [0, 0.1) is 13.8 Å². The van der Waals surface area contributed by atoms with Gasteiger partial charge in [0, 0.05) is 4.88 Å². The van der Waals surface area contributed by atoms with Gasteiger partial charge in [0.15, 0.2) is 12.4 Å². The highest BCUT2D eigenvalue weighted by atomic mass is 35.5. The molecule has 0 atom stereocenters. The molecule has 0 unspecified atom stereocenters. The predicted octanol–water partition coefficient (Wildman–Crippen LogP) is 3.53. The van der Waals surface area contributed by atoms with E-state index in [1.54, 1.807) is 18.2 Å². The zero-order chi connectivity index (χ0) is 18.1. The molecule has 2 aromatic heterocycles. The Balaban J connectivity index is 1.77. The molecule has 0 radical (unpaired) electrons. The summed E-state index contributed by atoms with van der Waals surface area (Å²) in [6, 6.07) is 4.87. The van der Waals surface area contributed by atoms with Crippen LogP contribution in [0.5, 0.6) is 5.75 Å². The number of ether oxygens (including phenoxy) is 1. The zero-order valence-corrected chi connectivity index (χ0v) is 15.6. The van der Waals surface area contributed by atoms with Crippen molar-refractivity contribution < 1.29 is 9.53 Å². The average molecular weight is 398 g/mol. The van der Waals surface area contributed by atoms with E-state index in [9.17, 15) is 9.59 Å². The summed E-state index contributed by atoms with van der Waals surface area (Å²) < 4.78 is 6.39. The summed E-state index contributed by atoms with van der Waals surface area (Å²) in [7, 11) is 0. The molecule has 3 aromatic rings. The number of nitrogens with one attached hydrogen (secondary N) is 1. The molecule has 130 valence electrons. The second-order valence-electron chi connectivity index (χ2n) is 5.26. The average Bonchev–Trinajstić information content (AvgIpc) is 2.85. The first kappa shape index (κ1) is 17.7. The number of thiophene rings is 1. The van der Waals surface area contributed by atoms with Gasteiger partial charge in [0.05, 0.1) is 15.4 Å². The Hall–Kier alpha value is -2.09. The lowest BCUT2D eigenvalue weighted by atomic mass is 10.2. The third kappa shape index (κ3) is 3.49. The summed E-state index contributed by atoms with van der Waals surface area (Å²) in [6.45, 7) is 3.42. The molecule has 1 aromatic carbocycles. The fraction of sp³-hybridized carbons (Fsp3) is 0.188. The molecule has 0 aliphatic carbocycles. The number of para-hydroxylation sites is 1. The quantitative estimate of drug-likeness (QED) is 0.730. The number of aromatic nitrogens is 2. The first-order chi connectivity index (χ1) is 11.9. The maximum absolute atomic E-state index is 12.5. The fourth-order valence-electron chi connectivity index (χ4n) is 2.24. The van der Waals surface area contributed by atoms with Crippen LogP contribution in [0.3, 0.4) is 0 Å². The molecule has 9 heteroatoms. The fourth-order valence-corrected chi connectivity index (χ4v) is 3.73. The standard InChI is InChI=1S/C16H13Cl2N3O3S/c1-8-9(2)25-15-13(8)16(23)21(7-19-15)20-12(22)6-24-14-10(17)4-3-5-11(14)18/h3-5,7H,6H2,1-2H3,(H,20,22). The van der Waals surface area contributed by atoms with Crippen molar-refractivity contribution in [2.24, 2.45) is 0 Å². The van der Waals surface area contributed by atoms with E-state index in [0.717, 1.165) is 15.1 Å².